The van der Waals surface area contributed by atoms with E-state index in [1.165, 1.54) is 0 Å². The van der Waals surface area contributed by atoms with Gasteiger partial charge in [0.15, 0.2) is 0 Å². The van der Waals surface area contributed by atoms with Gasteiger partial charge in [-0.3, -0.25) is 15.0 Å². The van der Waals surface area contributed by atoms with Crippen LogP contribution < -0.4 is 9.64 Å². The summed E-state index contributed by atoms with van der Waals surface area (Å²) in [5.74, 6) is 0.997. The van der Waals surface area contributed by atoms with Gasteiger partial charge in [0.1, 0.15) is 18.6 Å². The highest BCUT2D eigenvalue weighted by Crippen LogP contribution is 2.55. The van der Waals surface area contributed by atoms with Crippen LogP contribution >= 0.6 is 11.6 Å². The van der Waals surface area contributed by atoms with Gasteiger partial charge < -0.3 is 19.3 Å². The van der Waals surface area contributed by atoms with Crippen molar-refractivity contribution in [2.24, 2.45) is 5.92 Å². The Morgan fingerprint density at radius 3 is 3.00 bits per heavy atom. The summed E-state index contributed by atoms with van der Waals surface area (Å²) in [7, 11) is 1.81. The van der Waals surface area contributed by atoms with Crippen molar-refractivity contribution in [3.63, 3.8) is 0 Å². The van der Waals surface area contributed by atoms with E-state index in [1.807, 2.05) is 32.4 Å². The van der Waals surface area contributed by atoms with Gasteiger partial charge in [0, 0.05) is 66.8 Å². The summed E-state index contributed by atoms with van der Waals surface area (Å²) in [6.45, 7) is 5.36. The number of fused-ring (bicyclic) bond motifs is 6. The van der Waals surface area contributed by atoms with Crippen molar-refractivity contribution in [3.8, 4) is 17.3 Å². The Bertz CT molecular complexity index is 1900. The number of likely N-dealkylation sites (N-methyl/N-ethyl adjacent to an activating group) is 1. The van der Waals surface area contributed by atoms with Crippen LogP contribution in [0.15, 0.2) is 18.5 Å². The SMILES string of the molecule is Cc1c2ncc3c(nc(OC[C@@]45CCCN4C[C@H](F)C5)nc13)N1CC[C@H](C1)N(C)C(=O)OC[C@H]1C[C@H]1c1c(Cl)cc3[nH]ncc3c1-2. The largest absolute Gasteiger partial charge is 0.461 e. The zero-order valence-electron chi connectivity index (χ0n) is 25.9. The van der Waals surface area contributed by atoms with Crippen LogP contribution in [0.2, 0.25) is 5.02 Å². The molecule has 1 aliphatic carbocycles. The van der Waals surface area contributed by atoms with Gasteiger partial charge in [0.2, 0.25) is 0 Å². The van der Waals surface area contributed by atoms with Crippen LogP contribution in [0.4, 0.5) is 15.0 Å². The number of rotatable bonds is 3. The number of aromatic nitrogens is 5. The standard InChI is InChI=1S/C33H36ClFN8O3/c1-17-28-23-11-36-29(17)27-22-12-37-40-25(22)9-24(34)26(27)21-8-18(21)15-45-32(44)41(2)20-4-7-42(14-20)30(23)39-31(38-28)46-16-33-5-3-6-43(33)13-19(35)10-33/h9,11-12,18-21H,3-8,10,13-16H2,1-2H3,(H,37,40)/t18-,19-,20-,21-,33+/m1/s1. The molecule has 1 aromatic carbocycles. The number of halogens is 2. The van der Waals surface area contributed by atoms with E-state index in [4.69, 9.17) is 36.0 Å². The number of aromatic amines is 1. The van der Waals surface area contributed by atoms with Crippen LogP contribution in [0.5, 0.6) is 6.01 Å². The molecule has 6 aliphatic rings. The molecule has 6 bridgehead atoms. The van der Waals surface area contributed by atoms with Gasteiger partial charge in [-0.15, -0.1) is 0 Å². The van der Waals surface area contributed by atoms with Crippen LogP contribution in [0.1, 0.15) is 49.1 Å². The monoisotopic (exact) mass is 646 g/mol. The van der Waals surface area contributed by atoms with Crippen molar-refractivity contribution < 1.29 is 18.7 Å². The van der Waals surface area contributed by atoms with Crippen LogP contribution in [0, 0.1) is 12.8 Å². The molecule has 8 heterocycles. The van der Waals surface area contributed by atoms with Crippen molar-refractivity contribution in [2.75, 3.05) is 51.3 Å². The highest BCUT2D eigenvalue weighted by atomic mass is 35.5. The lowest BCUT2D eigenvalue weighted by atomic mass is 9.93. The van der Waals surface area contributed by atoms with Crippen molar-refractivity contribution in [1.82, 2.24) is 34.9 Å². The van der Waals surface area contributed by atoms with Gasteiger partial charge in [-0.2, -0.15) is 15.1 Å². The summed E-state index contributed by atoms with van der Waals surface area (Å²) in [5.41, 5.74) is 4.83. The first-order valence-corrected chi connectivity index (χ1v) is 16.7. The number of amides is 1. The minimum absolute atomic E-state index is 0.0337. The molecule has 4 fully saturated rings. The van der Waals surface area contributed by atoms with Gasteiger partial charge in [-0.1, -0.05) is 11.6 Å². The van der Waals surface area contributed by atoms with E-state index in [-0.39, 0.29) is 35.5 Å². The summed E-state index contributed by atoms with van der Waals surface area (Å²) >= 11 is 7.01. The molecule has 5 aliphatic heterocycles. The Kier molecular flexibility index (Phi) is 6.41. The lowest BCUT2D eigenvalue weighted by Gasteiger charge is -2.31. The molecule has 1 amide bonds. The molecule has 10 rings (SSSR count). The van der Waals surface area contributed by atoms with Crippen molar-refractivity contribution in [3.05, 3.63) is 34.6 Å². The first-order valence-electron chi connectivity index (χ1n) is 16.3. The molecule has 240 valence electrons. The molecule has 13 heteroatoms. The number of benzene rings is 1. The van der Waals surface area contributed by atoms with Gasteiger partial charge >= 0.3 is 12.1 Å². The van der Waals surface area contributed by atoms with Crippen LogP contribution in [-0.4, -0.2) is 105 Å². The maximum atomic E-state index is 14.6. The van der Waals surface area contributed by atoms with E-state index < -0.39 is 6.17 Å². The Balaban J connectivity index is 1.22. The summed E-state index contributed by atoms with van der Waals surface area (Å²) in [5, 5.41) is 9.78. The average Bonchev–Trinajstić information content (AvgIpc) is 3.45. The third kappa shape index (κ3) is 4.36. The second-order valence-electron chi connectivity index (χ2n) is 13.8. The fraction of sp³-hybridized carbons (Fsp3) is 0.545. The first-order chi connectivity index (χ1) is 22.3. The number of anilines is 1. The third-order valence-electron chi connectivity index (χ3n) is 11.2. The van der Waals surface area contributed by atoms with Crippen molar-refractivity contribution in [1.29, 1.82) is 0 Å². The van der Waals surface area contributed by atoms with Crippen LogP contribution in [0.3, 0.4) is 0 Å². The number of pyridine rings is 1. The predicted octanol–water partition coefficient (Wildman–Crippen LogP) is 5.25. The van der Waals surface area contributed by atoms with E-state index in [1.54, 1.807) is 4.90 Å². The molecule has 46 heavy (non-hydrogen) atoms. The fourth-order valence-electron chi connectivity index (χ4n) is 8.54. The fourth-order valence-corrected chi connectivity index (χ4v) is 8.89. The summed E-state index contributed by atoms with van der Waals surface area (Å²) in [6.07, 6.45) is 6.55. The molecule has 3 aromatic heterocycles. The molecule has 5 atom stereocenters. The number of nitrogens with one attached hydrogen (secondary N) is 1. The third-order valence-corrected chi connectivity index (χ3v) is 11.5. The summed E-state index contributed by atoms with van der Waals surface area (Å²) in [4.78, 5) is 34.4. The van der Waals surface area contributed by atoms with Gasteiger partial charge in [-0.25, -0.2) is 9.18 Å². The lowest BCUT2D eigenvalue weighted by molar-refractivity contribution is 0.0953. The quantitative estimate of drug-likeness (QED) is 0.319. The molecule has 1 saturated carbocycles. The van der Waals surface area contributed by atoms with E-state index in [2.05, 4.69) is 20.0 Å². The van der Waals surface area contributed by atoms with E-state index in [0.717, 1.165) is 82.2 Å². The van der Waals surface area contributed by atoms with Crippen molar-refractivity contribution in [2.45, 2.75) is 62.7 Å². The number of aryl methyl sites for hydroxylation is 1. The molecule has 0 unspecified atom stereocenters. The number of hydrogen-bond acceptors (Lipinski definition) is 9. The Labute approximate surface area is 270 Å². The lowest BCUT2D eigenvalue weighted by Crippen LogP contribution is -2.43. The highest BCUT2D eigenvalue weighted by Gasteiger charge is 2.49. The zero-order valence-corrected chi connectivity index (χ0v) is 26.7. The zero-order chi connectivity index (χ0) is 31.3. The highest BCUT2D eigenvalue weighted by molar-refractivity contribution is 6.33. The van der Waals surface area contributed by atoms with Crippen LogP contribution in [-0.2, 0) is 4.74 Å². The summed E-state index contributed by atoms with van der Waals surface area (Å²) in [6, 6.07) is 2.15. The molecule has 0 radical (unpaired) electrons. The Morgan fingerprint density at radius 2 is 2.11 bits per heavy atom. The molecule has 11 nitrogen and oxygen atoms in total. The molecule has 4 aromatic rings. The summed E-state index contributed by atoms with van der Waals surface area (Å²) < 4.78 is 26.8. The van der Waals surface area contributed by atoms with E-state index >= 15 is 0 Å². The first kappa shape index (κ1) is 28.5. The number of hydrogen-bond donors (Lipinski definition) is 1. The Morgan fingerprint density at radius 1 is 1.22 bits per heavy atom. The number of carbonyl (C=O) groups is 1. The normalized spacial score (nSPS) is 29.1. The van der Waals surface area contributed by atoms with Gasteiger partial charge in [0.05, 0.1) is 46.5 Å². The number of carbonyl (C=O) groups excluding carboxylic acids is 1. The molecule has 1 N–H and O–H groups in total. The van der Waals surface area contributed by atoms with Gasteiger partial charge in [-0.05, 0) is 56.7 Å². The number of alkyl halides is 1. The van der Waals surface area contributed by atoms with E-state index in [9.17, 15) is 9.18 Å². The number of H-pyrrole nitrogens is 1. The van der Waals surface area contributed by atoms with E-state index in [0.29, 0.717) is 44.3 Å². The maximum Gasteiger partial charge on any atom is 0.409 e. The smallest absolute Gasteiger partial charge is 0.409 e. The minimum Gasteiger partial charge on any atom is -0.461 e. The molecular weight excluding hydrogens is 611 g/mol. The Hall–Kier alpha value is -3.77. The topological polar surface area (TPSA) is 113 Å². The minimum atomic E-state index is -0.845. The molecule has 0 spiro atoms. The van der Waals surface area contributed by atoms with Gasteiger partial charge in [0.25, 0.3) is 0 Å². The molecule has 3 saturated heterocycles. The average molecular weight is 647 g/mol. The maximum absolute atomic E-state index is 14.6. The predicted molar refractivity (Wildman–Crippen MR) is 171 cm³/mol. The number of ether oxygens (including phenoxy) is 2. The second kappa shape index (κ2) is 10.4. The van der Waals surface area contributed by atoms with Crippen molar-refractivity contribution >= 4 is 45.3 Å². The second-order valence-corrected chi connectivity index (χ2v) is 14.3. The molecular formula is C33H36ClFN8O3. The number of nitrogens with zero attached hydrogens (tertiary/aromatic N) is 7. The van der Waals surface area contributed by atoms with Crippen LogP contribution in [0.25, 0.3) is 33.1 Å².